The highest BCUT2D eigenvalue weighted by atomic mass is 15.2. The molecule has 1 atom stereocenters. The van der Waals surface area contributed by atoms with Crippen LogP contribution in [0, 0.1) is 0 Å². The summed E-state index contributed by atoms with van der Waals surface area (Å²) in [7, 11) is 0. The van der Waals surface area contributed by atoms with Crippen LogP contribution in [0.3, 0.4) is 0 Å². The predicted octanol–water partition coefficient (Wildman–Crippen LogP) is 3.57. The summed E-state index contributed by atoms with van der Waals surface area (Å²) in [6.07, 6.45) is 9.72. The summed E-state index contributed by atoms with van der Waals surface area (Å²) in [6.45, 7) is 3.65. The zero-order chi connectivity index (χ0) is 13.6. The molecule has 20 heavy (non-hydrogen) atoms. The second-order valence-corrected chi connectivity index (χ2v) is 6.48. The van der Waals surface area contributed by atoms with E-state index in [1.54, 1.807) is 0 Å². The Labute approximate surface area is 123 Å². The van der Waals surface area contributed by atoms with Crippen LogP contribution in [-0.4, -0.2) is 30.1 Å². The van der Waals surface area contributed by atoms with E-state index in [0.29, 0.717) is 0 Å². The van der Waals surface area contributed by atoms with Gasteiger partial charge in [0.05, 0.1) is 0 Å². The van der Waals surface area contributed by atoms with E-state index in [1.165, 1.54) is 63.6 Å². The van der Waals surface area contributed by atoms with E-state index in [-0.39, 0.29) is 0 Å². The van der Waals surface area contributed by atoms with Crippen LogP contribution in [0.1, 0.15) is 50.5 Å². The summed E-state index contributed by atoms with van der Waals surface area (Å²) < 4.78 is 0. The maximum atomic E-state index is 3.64. The SMILES string of the molecule is c1ccc(CN2CCCC[C@@H]2CCCNC2CC2)cc1. The maximum absolute atomic E-state index is 3.64. The minimum absolute atomic E-state index is 0.810. The van der Waals surface area contributed by atoms with Crippen LogP contribution in [-0.2, 0) is 6.54 Å². The molecule has 1 heterocycles. The van der Waals surface area contributed by atoms with Gasteiger partial charge in [-0.05, 0) is 57.2 Å². The maximum Gasteiger partial charge on any atom is 0.0236 e. The Morgan fingerprint density at radius 3 is 2.70 bits per heavy atom. The van der Waals surface area contributed by atoms with Crippen molar-refractivity contribution in [1.29, 1.82) is 0 Å². The van der Waals surface area contributed by atoms with Gasteiger partial charge in [0.15, 0.2) is 0 Å². The number of rotatable bonds is 7. The normalized spacial score (nSPS) is 23.9. The molecule has 2 heteroatoms. The van der Waals surface area contributed by atoms with Gasteiger partial charge in [-0.1, -0.05) is 36.8 Å². The van der Waals surface area contributed by atoms with E-state index >= 15 is 0 Å². The van der Waals surface area contributed by atoms with Crippen molar-refractivity contribution < 1.29 is 0 Å². The van der Waals surface area contributed by atoms with Gasteiger partial charge >= 0.3 is 0 Å². The summed E-state index contributed by atoms with van der Waals surface area (Å²) in [6, 6.07) is 12.6. The third-order valence-corrected chi connectivity index (χ3v) is 4.70. The lowest BCUT2D eigenvalue weighted by atomic mass is 9.97. The lowest BCUT2D eigenvalue weighted by molar-refractivity contribution is 0.130. The average molecular weight is 272 g/mol. The minimum atomic E-state index is 0.810. The van der Waals surface area contributed by atoms with Crippen molar-refractivity contribution in [2.75, 3.05) is 13.1 Å². The Morgan fingerprint density at radius 2 is 1.90 bits per heavy atom. The molecule has 2 fully saturated rings. The fourth-order valence-electron chi connectivity index (χ4n) is 3.34. The molecule has 3 rings (SSSR count). The van der Waals surface area contributed by atoms with Crippen molar-refractivity contribution in [3.05, 3.63) is 35.9 Å². The second kappa shape index (κ2) is 7.24. The fourth-order valence-corrected chi connectivity index (χ4v) is 3.34. The average Bonchev–Trinajstić information content (AvgIpc) is 3.30. The topological polar surface area (TPSA) is 15.3 Å². The summed E-state index contributed by atoms with van der Waals surface area (Å²) >= 11 is 0. The molecule has 0 aromatic heterocycles. The smallest absolute Gasteiger partial charge is 0.0236 e. The van der Waals surface area contributed by atoms with Gasteiger partial charge in [0.1, 0.15) is 0 Å². The molecular formula is C18H28N2. The van der Waals surface area contributed by atoms with Gasteiger partial charge in [-0.25, -0.2) is 0 Å². The van der Waals surface area contributed by atoms with Crippen LogP contribution in [0.15, 0.2) is 30.3 Å². The van der Waals surface area contributed by atoms with E-state index in [4.69, 9.17) is 0 Å². The number of nitrogens with zero attached hydrogens (tertiary/aromatic N) is 1. The summed E-state index contributed by atoms with van der Waals surface area (Å²) in [5.74, 6) is 0. The number of hydrogen-bond acceptors (Lipinski definition) is 2. The predicted molar refractivity (Wildman–Crippen MR) is 84.7 cm³/mol. The van der Waals surface area contributed by atoms with Crippen LogP contribution in [0.5, 0.6) is 0 Å². The van der Waals surface area contributed by atoms with Gasteiger partial charge in [-0.3, -0.25) is 4.90 Å². The number of benzene rings is 1. The van der Waals surface area contributed by atoms with Crippen LogP contribution in [0.2, 0.25) is 0 Å². The number of piperidine rings is 1. The van der Waals surface area contributed by atoms with Crippen molar-refractivity contribution in [1.82, 2.24) is 10.2 Å². The quantitative estimate of drug-likeness (QED) is 0.763. The molecule has 1 saturated carbocycles. The highest BCUT2D eigenvalue weighted by Gasteiger charge is 2.23. The molecule has 1 saturated heterocycles. The number of hydrogen-bond donors (Lipinski definition) is 1. The molecule has 1 N–H and O–H groups in total. The van der Waals surface area contributed by atoms with E-state index in [9.17, 15) is 0 Å². The fraction of sp³-hybridized carbons (Fsp3) is 0.667. The molecule has 2 aliphatic rings. The third-order valence-electron chi connectivity index (χ3n) is 4.70. The van der Waals surface area contributed by atoms with Gasteiger partial charge in [0.25, 0.3) is 0 Å². The van der Waals surface area contributed by atoms with Crippen molar-refractivity contribution in [2.24, 2.45) is 0 Å². The standard InChI is InChI=1S/C18H28N2/c1-2-7-16(8-3-1)15-20-14-5-4-9-18(20)10-6-13-19-17-11-12-17/h1-3,7-8,17-19H,4-6,9-15H2/t18-/m1/s1. The van der Waals surface area contributed by atoms with Gasteiger partial charge in [-0.15, -0.1) is 0 Å². The lowest BCUT2D eigenvalue weighted by Crippen LogP contribution is -2.39. The Balaban J connectivity index is 1.45. The van der Waals surface area contributed by atoms with Crippen molar-refractivity contribution in [3.63, 3.8) is 0 Å². The Kier molecular flexibility index (Phi) is 5.10. The molecule has 0 spiro atoms. The molecule has 1 aromatic rings. The van der Waals surface area contributed by atoms with Crippen LogP contribution in [0.4, 0.5) is 0 Å². The largest absolute Gasteiger partial charge is 0.314 e. The molecule has 1 aliphatic carbocycles. The first-order chi connectivity index (χ1) is 9.92. The van der Waals surface area contributed by atoms with E-state index in [1.807, 2.05) is 0 Å². The second-order valence-electron chi connectivity index (χ2n) is 6.48. The minimum Gasteiger partial charge on any atom is -0.314 e. The van der Waals surface area contributed by atoms with Crippen molar-refractivity contribution >= 4 is 0 Å². The zero-order valence-electron chi connectivity index (χ0n) is 12.6. The van der Waals surface area contributed by atoms with Crippen molar-refractivity contribution in [2.45, 2.75) is 63.6 Å². The van der Waals surface area contributed by atoms with Crippen LogP contribution < -0.4 is 5.32 Å². The Hall–Kier alpha value is -0.860. The Morgan fingerprint density at radius 1 is 1.05 bits per heavy atom. The van der Waals surface area contributed by atoms with Gasteiger partial charge in [-0.2, -0.15) is 0 Å². The summed E-state index contributed by atoms with van der Waals surface area (Å²) in [5, 5.41) is 3.64. The summed E-state index contributed by atoms with van der Waals surface area (Å²) in [4.78, 5) is 2.72. The molecule has 1 aliphatic heterocycles. The van der Waals surface area contributed by atoms with E-state index in [2.05, 4.69) is 40.5 Å². The molecule has 2 nitrogen and oxygen atoms in total. The molecule has 0 unspecified atom stereocenters. The molecule has 110 valence electrons. The first kappa shape index (κ1) is 14.1. The highest BCUT2D eigenvalue weighted by molar-refractivity contribution is 5.14. The highest BCUT2D eigenvalue weighted by Crippen LogP contribution is 2.23. The molecule has 1 aromatic carbocycles. The van der Waals surface area contributed by atoms with Crippen LogP contribution in [0.25, 0.3) is 0 Å². The first-order valence-corrected chi connectivity index (χ1v) is 8.43. The van der Waals surface area contributed by atoms with Gasteiger partial charge in [0, 0.05) is 18.6 Å². The van der Waals surface area contributed by atoms with Gasteiger partial charge in [0.2, 0.25) is 0 Å². The molecule has 0 radical (unpaired) electrons. The molecular weight excluding hydrogens is 244 g/mol. The molecule has 0 amide bonds. The summed E-state index contributed by atoms with van der Waals surface area (Å²) in [5.41, 5.74) is 1.47. The zero-order valence-corrected chi connectivity index (χ0v) is 12.6. The molecule has 0 bridgehead atoms. The van der Waals surface area contributed by atoms with E-state index < -0.39 is 0 Å². The lowest BCUT2D eigenvalue weighted by Gasteiger charge is -2.36. The van der Waals surface area contributed by atoms with E-state index in [0.717, 1.165) is 18.6 Å². The van der Waals surface area contributed by atoms with Crippen LogP contribution >= 0.6 is 0 Å². The monoisotopic (exact) mass is 272 g/mol. The first-order valence-electron chi connectivity index (χ1n) is 8.43. The Bertz CT molecular complexity index is 386. The number of nitrogens with one attached hydrogen (secondary N) is 1. The third kappa shape index (κ3) is 4.32. The number of likely N-dealkylation sites (tertiary alicyclic amines) is 1. The van der Waals surface area contributed by atoms with Crippen molar-refractivity contribution in [3.8, 4) is 0 Å². The van der Waals surface area contributed by atoms with Gasteiger partial charge < -0.3 is 5.32 Å².